The Balaban J connectivity index is 1.49. The van der Waals surface area contributed by atoms with Crippen LogP contribution in [0.15, 0.2) is 12.4 Å². The lowest BCUT2D eigenvalue weighted by Gasteiger charge is -2.39. The van der Waals surface area contributed by atoms with Gasteiger partial charge in [0.1, 0.15) is 0 Å². The van der Waals surface area contributed by atoms with Crippen molar-refractivity contribution in [1.29, 1.82) is 0 Å². The molecule has 2 aliphatic rings. The van der Waals surface area contributed by atoms with Crippen molar-refractivity contribution in [3.8, 4) is 0 Å². The van der Waals surface area contributed by atoms with Crippen LogP contribution in [-0.4, -0.2) is 39.7 Å². The van der Waals surface area contributed by atoms with Crippen molar-refractivity contribution >= 4 is 5.91 Å². The molecule has 0 radical (unpaired) electrons. The molecule has 1 saturated carbocycles. The van der Waals surface area contributed by atoms with Gasteiger partial charge in [0, 0.05) is 37.3 Å². The fourth-order valence-electron chi connectivity index (χ4n) is 4.28. The number of likely N-dealkylation sites (tertiary alicyclic amines) is 1. The second-order valence-electron chi connectivity index (χ2n) is 7.90. The van der Waals surface area contributed by atoms with E-state index in [1.807, 2.05) is 31.8 Å². The highest BCUT2D eigenvalue weighted by Crippen LogP contribution is 2.49. The summed E-state index contributed by atoms with van der Waals surface area (Å²) in [5.74, 6) is 0.511. The van der Waals surface area contributed by atoms with Gasteiger partial charge in [0.15, 0.2) is 0 Å². The Kier molecular flexibility index (Phi) is 4.76. The minimum atomic E-state index is 0.238. The SMILES string of the molecule is CC(C)NC(=O)[C@@H]1CCC2(CCN(Cc3cnn(C)c3)CC2)C1. The first-order valence-electron chi connectivity index (χ1n) is 8.96. The van der Waals surface area contributed by atoms with Crippen LogP contribution in [0.3, 0.4) is 0 Å². The van der Waals surface area contributed by atoms with Crippen molar-refractivity contribution < 1.29 is 4.79 Å². The normalized spacial score (nSPS) is 24.4. The van der Waals surface area contributed by atoms with Gasteiger partial charge in [-0.3, -0.25) is 14.4 Å². The highest BCUT2D eigenvalue weighted by molar-refractivity contribution is 5.79. The van der Waals surface area contributed by atoms with Gasteiger partial charge in [0.25, 0.3) is 0 Å². The van der Waals surface area contributed by atoms with E-state index in [9.17, 15) is 4.79 Å². The zero-order valence-electron chi connectivity index (χ0n) is 14.7. The Bertz CT molecular complexity index is 543. The Hall–Kier alpha value is -1.36. The lowest BCUT2D eigenvalue weighted by atomic mass is 9.76. The number of carbonyl (C=O) groups is 1. The predicted molar refractivity (Wildman–Crippen MR) is 90.8 cm³/mol. The molecule has 3 rings (SSSR count). The number of aromatic nitrogens is 2. The van der Waals surface area contributed by atoms with Gasteiger partial charge in [-0.05, 0) is 64.5 Å². The average molecular weight is 318 g/mol. The van der Waals surface area contributed by atoms with Gasteiger partial charge in [0.2, 0.25) is 5.91 Å². The number of hydrogen-bond acceptors (Lipinski definition) is 3. The molecule has 2 fully saturated rings. The minimum Gasteiger partial charge on any atom is -0.354 e. The van der Waals surface area contributed by atoms with Crippen LogP contribution in [0, 0.1) is 11.3 Å². The summed E-state index contributed by atoms with van der Waals surface area (Å²) in [5.41, 5.74) is 1.72. The highest BCUT2D eigenvalue weighted by atomic mass is 16.1. The number of hydrogen-bond donors (Lipinski definition) is 1. The lowest BCUT2D eigenvalue weighted by Crippen LogP contribution is -2.39. The smallest absolute Gasteiger partial charge is 0.223 e. The molecule has 0 unspecified atom stereocenters. The molecule has 2 heterocycles. The summed E-state index contributed by atoms with van der Waals surface area (Å²) in [6.07, 6.45) is 9.92. The molecule has 1 atom stereocenters. The monoisotopic (exact) mass is 318 g/mol. The number of piperidine rings is 1. The molecule has 0 bridgehead atoms. The van der Waals surface area contributed by atoms with Crippen molar-refractivity contribution in [3.05, 3.63) is 18.0 Å². The number of nitrogens with one attached hydrogen (secondary N) is 1. The molecule has 128 valence electrons. The van der Waals surface area contributed by atoms with E-state index in [0.717, 1.165) is 32.5 Å². The molecule has 1 amide bonds. The molecule has 5 nitrogen and oxygen atoms in total. The number of amides is 1. The predicted octanol–water partition coefficient (Wildman–Crippen LogP) is 2.33. The number of nitrogens with zero attached hydrogens (tertiary/aromatic N) is 3. The van der Waals surface area contributed by atoms with E-state index < -0.39 is 0 Å². The Morgan fingerprint density at radius 1 is 1.39 bits per heavy atom. The molecule has 1 spiro atoms. The van der Waals surface area contributed by atoms with E-state index in [1.54, 1.807) is 0 Å². The first-order valence-corrected chi connectivity index (χ1v) is 8.96. The number of carbonyl (C=O) groups excluding carboxylic acids is 1. The van der Waals surface area contributed by atoms with E-state index in [0.29, 0.717) is 5.41 Å². The molecule has 5 heteroatoms. The molecule has 1 aromatic heterocycles. The van der Waals surface area contributed by atoms with Crippen LogP contribution in [0.1, 0.15) is 51.5 Å². The Labute approximate surface area is 139 Å². The van der Waals surface area contributed by atoms with Gasteiger partial charge in [0.05, 0.1) is 6.20 Å². The summed E-state index contributed by atoms with van der Waals surface area (Å²) >= 11 is 0. The van der Waals surface area contributed by atoms with Crippen molar-refractivity contribution in [3.63, 3.8) is 0 Å². The van der Waals surface area contributed by atoms with Crippen LogP contribution in [0.2, 0.25) is 0 Å². The van der Waals surface area contributed by atoms with Gasteiger partial charge >= 0.3 is 0 Å². The van der Waals surface area contributed by atoms with Crippen molar-refractivity contribution in [1.82, 2.24) is 20.0 Å². The third kappa shape index (κ3) is 3.94. The second-order valence-corrected chi connectivity index (χ2v) is 7.90. The topological polar surface area (TPSA) is 50.2 Å². The average Bonchev–Trinajstić information content (AvgIpc) is 3.08. The van der Waals surface area contributed by atoms with Gasteiger partial charge in [-0.15, -0.1) is 0 Å². The lowest BCUT2D eigenvalue weighted by molar-refractivity contribution is -0.125. The summed E-state index contributed by atoms with van der Waals surface area (Å²) in [6, 6.07) is 0.250. The van der Waals surface area contributed by atoms with E-state index in [2.05, 4.69) is 21.5 Å². The first-order chi connectivity index (χ1) is 11.0. The fourth-order valence-corrected chi connectivity index (χ4v) is 4.28. The van der Waals surface area contributed by atoms with E-state index in [1.165, 1.54) is 24.8 Å². The first kappa shape index (κ1) is 16.5. The van der Waals surface area contributed by atoms with Crippen molar-refractivity contribution in [2.24, 2.45) is 18.4 Å². The Morgan fingerprint density at radius 3 is 2.74 bits per heavy atom. The van der Waals surface area contributed by atoms with Gasteiger partial charge in [-0.25, -0.2) is 0 Å². The van der Waals surface area contributed by atoms with Crippen molar-refractivity contribution in [2.75, 3.05) is 13.1 Å². The van der Waals surface area contributed by atoms with Crippen LogP contribution in [0.25, 0.3) is 0 Å². The fraction of sp³-hybridized carbons (Fsp3) is 0.778. The van der Waals surface area contributed by atoms with Gasteiger partial charge in [-0.1, -0.05) is 0 Å². The molecule has 1 aliphatic carbocycles. The van der Waals surface area contributed by atoms with Gasteiger partial charge in [-0.2, -0.15) is 5.10 Å². The third-order valence-corrected chi connectivity index (χ3v) is 5.59. The van der Waals surface area contributed by atoms with Crippen LogP contribution < -0.4 is 5.32 Å². The second kappa shape index (κ2) is 6.63. The van der Waals surface area contributed by atoms with Crippen LogP contribution in [0.4, 0.5) is 0 Å². The van der Waals surface area contributed by atoms with Crippen LogP contribution >= 0.6 is 0 Å². The number of aryl methyl sites for hydroxylation is 1. The summed E-state index contributed by atoms with van der Waals surface area (Å²) in [6.45, 7) is 7.38. The standard InChI is InChI=1S/C18H30N4O/c1-14(2)20-17(23)16-4-5-18(10-16)6-8-22(9-7-18)13-15-11-19-21(3)12-15/h11-12,14,16H,4-10,13H2,1-3H3,(H,20,23)/t16-/m1/s1. The number of rotatable bonds is 4. The quantitative estimate of drug-likeness (QED) is 0.927. The molecule has 1 aromatic rings. The largest absolute Gasteiger partial charge is 0.354 e. The molecule has 23 heavy (non-hydrogen) atoms. The summed E-state index contributed by atoms with van der Waals surface area (Å²) in [7, 11) is 1.97. The summed E-state index contributed by atoms with van der Waals surface area (Å²) in [5, 5.41) is 7.34. The molecule has 1 N–H and O–H groups in total. The maximum absolute atomic E-state index is 12.3. The molecule has 1 saturated heterocycles. The molecular weight excluding hydrogens is 288 g/mol. The summed E-state index contributed by atoms with van der Waals surface area (Å²) in [4.78, 5) is 14.8. The molecule has 1 aliphatic heterocycles. The third-order valence-electron chi connectivity index (χ3n) is 5.59. The van der Waals surface area contributed by atoms with E-state index in [-0.39, 0.29) is 17.9 Å². The minimum absolute atomic E-state index is 0.238. The molecule has 0 aromatic carbocycles. The van der Waals surface area contributed by atoms with Crippen LogP contribution in [0.5, 0.6) is 0 Å². The van der Waals surface area contributed by atoms with Gasteiger partial charge < -0.3 is 5.32 Å². The molecular formula is C18H30N4O. The maximum atomic E-state index is 12.3. The van der Waals surface area contributed by atoms with Crippen LogP contribution in [-0.2, 0) is 18.4 Å². The summed E-state index contributed by atoms with van der Waals surface area (Å²) < 4.78 is 1.87. The zero-order chi connectivity index (χ0) is 16.4. The van der Waals surface area contributed by atoms with E-state index in [4.69, 9.17) is 0 Å². The maximum Gasteiger partial charge on any atom is 0.223 e. The zero-order valence-corrected chi connectivity index (χ0v) is 14.7. The van der Waals surface area contributed by atoms with E-state index >= 15 is 0 Å². The highest BCUT2D eigenvalue weighted by Gasteiger charge is 2.43. The Morgan fingerprint density at radius 2 is 2.13 bits per heavy atom. The van der Waals surface area contributed by atoms with Crippen molar-refractivity contribution in [2.45, 2.75) is 58.5 Å².